The summed E-state index contributed by atoms with van der Waals surface area (Å²) in [6, 6.07) is 8.54. The molecule has 0 bridgehead atoms. The SMILES string of the molecule is CC(C)C1Oc2cc([N+](=O)[O-])ccc2N(CC(=O)c2ccc3c(c2)NC(=O)CO3)C1=O. The third-order valence-electron chi connectivity index (χ3n) is 5.05. The molecule has 0 fully saturated rings. The molecule has 4 rings (SSSR count). The van der Waals surface area contributed by atoms with Crippen molar-refractivity contribution in [2.24, 2.45) is 5.92 Å². The molecule has 1 atom stereocenters. The zero-order chi connectivity index (χ0) is 22.3. The number of amides is 2. The average Bonchev–Trinajstić information content (AvgIpc) is 2.74. The summed E-state index contributed by atoms with van der Waals surface area (Å²) in [5, 5.41) is 13.8. The van der Waals surface area contributed by atoms with Gasteiger partial charge in [0, 0.05) is 11.6 Å². The highest BCUT2D eigenvalue weighted by Gasteiger charge is 2.38. The van der Waals surface area contributed by atoms with E-state index in [1.807, 2.05) is 0 Å². The second-order valence-corrected chi connectivity index (χ2v) is 7.59. The highest BCUT2D eigenvalue weighted by atomic mass is 16.6. The van der Waals surface area contributed by atoms with E-state index >= 15 is 0 Å². The van der Waals surface area contributed by atoms with Crippen LogP contribution in [-0.2, 0) is 9.59 Å². The van der Waals surface area contributed by atoms with Gasteiger partial charge in [0.15, 0.2) is 24.2 Å². The molecule has 10 nitrogen and oxygen atoms in total. The van der Waals surface area contributed by atoms with E-state index in [2.05, 4.69) is 5.32 Å². The number of nitrogens with zero attached hydrogens (tertiary/aromatic N) is 2. The van der Waals surface area contributed by atoms with Crippen LogP contribution in [-0.4, -0.2) is 41.8 Å². The number of fused-ring (bicyclic) bond motifs is 2. The van der Waals surface area contributed by atoms with Crippen LogP contribution in [0.2, 0.25) is 0 Å². The van der Waals surface area contributed by atoms with Gasteiger partial charge < -0.3 is 14.8 Å². The molecule has 1 N–H and O–H groups in total. The fourth-order valence-electron chi connectivity index (χ4n) is 3.47. The summed E-state index contributed by atoms with van der Waals surface area (Å²) in [7, 11) is 0. The van der Waals surface area contributed by atoms with E-state index in [4.69, 9.17) is 9.47 Å². The Hall–Kier alpha value is -3.95. The van der Waals surface area contributed by atoms with Gasteiger partial charge in [0.2, 0.25) is 0 Å². The van der Waals surface area contributed by atoms with Crippen molar-refractivity contribution in [3.8, 4) is 11.5 Å². The predicted octanol–water partition coefficient (Wildman–Crippen LogP) is 2.56. The minimum absolute atomic E-state index is 0.0952. The van der Waals surface area contributed by atoms with Gasteiger partial charge in [-0.3, -0.25) is 29.4 Å². The van der Waals surface area contributed by atoms with Gasteiger partial charge in [-0.1, -0.05) is 13.8 Å². The van der Waals surface area contributed by atoms with Crippen LogP contribution in [0.1, 0.15) is 24.2 Å². The first kappa shape index (κ1) is 20.3. The number of benzene rings is 2. The molecule has 0 radical (unpaired) electrons. The second kappa shape index (κ2) is 7.71. The van der Waals surface area contributed by atoms with Crippen LogP contribution in [0.3, 0.4) is 0 Å². The van der Waals surface area contributed by atoms with Gasteiger partial charge in [0.25, 0.3) is 17.5 Å². The summed E-state index contributed by atoms with van der Waals surface area (Å²) >= 11 is 0. The van der Waals surface area contributed by atoms with Gasteiger partial charge in [-0.15, -0.1) is 0 Å². The maximum Gasteiger partial charge on any atom is 0.273 e. The zero-order valence-corrected chi connectivity index (χ0v) is 16.8. The minimum atomic E-state index is -0.876. The molecule has 31 heavy (non-hydrogen) atoms. The zero-order valence-electron chi connectivity index (χ0n) is 16.8. The van der Waals surface area contributed by atoms with Gasteiger partial charge in [-0.05, 0) is 30.2 Å². The molecule has 2 aliphatic heterocycles. The molecule has 0 spiro atoms. The van der Waals surface area contributed by atoms with Gasteiger partial charge in [0.1, 0.15) is 5.75 Å². The molecule has 0 saturated carbocycles. The van der Waals surface area contributed by atoms with Crippen molar-refractivity contribution in [1.82, 2.24) is 0 Å². The topological polar surface area (TPSA) is 128 Å². The molecular formula is C21H19N3O7. The van der Waals surface area contributed by atoms with Crippen LogP contribution in [0.25, 0.3) is 0 Å². The van der Waals surface area contributed by atoms with Crippen LogP contribution < -0.4 is 19.7 Å². The molecule has 2 aromatic carbocycles. The summed E-state index contributed by atoms with van der Waals surface area (Å²) in [6.07, 6.45) is -0.876. The molecule has 0 saturated heterocycles. The van der Waals surface area contributed by atoms with Crippen molar-refractivity contribution in [3.05, 3.63) is 52.1 Å². The number of non-ortho nitro benzene ring substituents is 1. The minimum Gasteiger partial charge on any atom is -0.482 e. The lowest BCUT2D eigenvalue weighted by Gasteiger charge is -2.35. The highest BCUT2D eigenvalue weighted by Crippen LogP contribution is 2.38. The van der Waals surface area contributed by atoms with Crippen LogP contribution in [0.15, 0.2) is 36.4 Å². The predicted molar refractivity (Wildman–Crippen MR) is 110 cm³/mol. The summed E-state index contributed by atoms with van der Waals surface area (Å²) in [6.45, 7) is 3.19. The Morgan fingerprint density at radius 1 is 1.23 bits per heavy atom. The number of carbonyl (C=O) groups is 3. The third kappa shape index (κ3) is 3.79. The first-order valence-electron chi connectivity index (χ1n) is 9.61. The molecular weight excluding hydrogens is 406 g/mol. The van der Waals surface area contributed by atoms with E-state index in [0.717, 1.165) is 0 Å². The number of rotatable bonds is 5. The van der Waals surface area contributed by atoms with E-state index in [-0.39, 0.29) is 53.4 Å². The van der Waals surface area contributed by atoms with E-state index < -0.39 is 16.9 Å². The number of ketones is 1. The molecule has 10 heteroatoms. The third-order valence-corrected chi connectivity index (χ3v) is 5.05. The maximum absolute atomic E-state index is 13.0. The maximum atomic E-state index is 13.0. The molecule has 1 unspecified atom stereocenters. The van der Waals surface area contributed by atoms with Crippen molar-refractivity contribution < 1.29 is 28.8 Å². The monoisotopic (exact) mass is 425 g/mol. The lowest BCUT2D eigenvalue weighted by atomic mass is 10.0. The van der Waals surface area contributed by atoms with E-state index in [1.165, 1.54) is 29.2 Å². The Bertz CT molecular complexity index is 1110. The van der Waals surface area contributed by atoms with Crippen molar-refractivity contribution in [2.45, 2.75) is 20.0 Å². The summed E-state index contributed by atoms with van der Waals surface area (Å²) in [5.41, 5.74) is 0.780. The Morgan fingerprint density at radius 3 is 2.71 bits per heavy atom. The molecule has 0 aromatic heterocycles. The smallest absolute Gasteiger partial charge is 0.273 e. The number of nitro groups is 1. The van der Waals surface area contributed by atoms with Gasteiger partial charge >= 0.3 is 0 Å². The molecule has 0 aliphatic carbocycles. The van der Waals surface area contributed by atoms with E-state index in [1.54, 1.807) is 26.0 Å². The van der Waals surface area contributed by atoms with E-state index in [0.29, 0.717) is 11.4 Å². The molecule has 160 valence electrons. The van der Waals surface area contributed by atoms with Crippen molar-refractivity contribution in [2.75, 3.05) is 23.4 Å². The van der Waals surface area contributed by atoms with Gasteiger partial charge in [-0.2, -0.15) is 0 Å². The Balaban J connectivity index is 1.66. The normalized spacial score (nSPS) is 17.3. The van der Waals surface area contributed by atoms with Gasteiger partial charge in [0.05, 0.1) is 28.9 Å². The Kier molecular flexibility index (Phi) is 5.05. The second-order valence-electron chi connectivity index (χ2n) is 7.59. The van der Waals surface area contributed by atoms with Crippen LogP contribution in [0, 0.1) is 16.0 Å². The van der Waals surface area contributed by atoms with Crippen LogP contribution in [0.5, 0.6) is 11.5 Å². The molecule has 2 aromatic rings. The lowest BCUT2D eigenvalue weighted by Crippen LogP contribution is -2.50. The van der Waals surface area contributed by atoms with Crippen molar-refractivity contribution in [3.63, 3.8) is 0 Å². The number of Topliss-reactive ketones (excluding diaryl/α,β-unsaturated/α-hetero) is 1. The van der Waals surface area contributed by atoms with Crippen molar-refractivity contribution >= 4 is 34.7 Å². The number of ether oxygens (including phenoxy) is 2. The number of hydrogen-bond acceptors (Lipinski definition) is 7. The van der Waals surface area contributed by atoms with Crippen LogP contribution >= 0.6 is 0 Å². The van der Waals surface area contributed by atoms with Gasteiger partial charge in [-0.25, -0.2) is 0 Å². The molecule has 2 heterocycles. The summed E-state index contributed by atoms with van der Waals surface area (Å²) < 4.78 is 11.0. The average molecular weight is 425 g/mol. The summed E-state index contributed by atoms with van der Waals surface area (Å²) in [5.74, 6) is -0.684. The number of anilines is 2. The fourth-order valence-corrected chi connectivity index (χ4v) is 3.47. The standard InChI is InChI=1S/C21H19N3O7/c1-11(2)20-21(27)23(15-5-4-13(24(28)29)8-18(15)31-20)9-16(25)12-3-6-17-14(7-12)22-19(26)10-30-17/h3-8,11,20H,9-10H2,1-2H3,(H,22,26). The highest BCUT2D eigenvalue weighted by molar-refractivity contribution is 6.09. The number of hydrogen-bond donors (Lipinski definition) is 1. The largest absolute Gasteiger partial charge is 0.482 e. The first-order chi connectivity index (χ1) is 14.7. The summed E-state index contributed by atoms with van der Waals surface area (Å²) in [4.78, 5) is 49.4. The number of nitro benzene ring substituents is 1. The number of carbonyl (C=O) groups excluding carboxylic acids is 3. The Morgan fingerprint density at radius 2 is 2.00 bits per heavy atom. The van der Waals surface area contributed by atoms with Crippen molar-refractivity contribution in [1.29, 1.82) is 0 Å². The molecule has 2 aliphatic rings. The Labute approximate surface area is 176 Å². The lowest BCUT2D eigenvalue weighted by molar-refractivity contribution is -0.384. The fraction of sp³-hybridized carbons (Fsp3) is 0.286. The molecule has 2 amide bonds. The van der Waals surface area contributed by atoms with Crippen LogP contribution in [0.4, 0.5) is 17.1 Å². The first-order valence-corrected chi connectivity index (χ1v) is 9.61. The van der Waals surface area contributed by atoms with E-state index in [9.17, 15) is 24.5 Å². The quantitative estimate of drug-likeness (QED) is 0.443. The number of nitrogens with one attached hydrogen (secondary N) is 1.